The van der Waals surface area contributed by atoms with Gasteiger partial charge in [-0.25, -0.2) is 0 Å². The molecule has 0 amide bonds. The largest absolute Gasteiger partial charge is 0.350 e. The maximum Gasteiger partial charge on any atom is 0.292 e. The first kappa shape index (κ1) is 6.61. The molecule has 0 aliphatic carbocycles. The quantitative estimate of drug-likeness (QED) is 0.665. The van der Waals surface area contributed by atoms with Gasteiger partial charge in [-0.15, -0.1) is 0 Å². The van der Waals surface area contributed by atoms with Crippen molar-refractivity contribution in [3.63, 3.8) is 0 Å². The molecule has 17 heavy (non-hydrogen) atoms. The number of hydrogen-bond acceptors (Lipinski definition) is 3. The Bertz CT molecular complexity index is 772. The zero-order valence-corrected chi connectivity index (χ0v) is 9.15. The summed E-state index contributed by atoms with van der Waals surface area (Å²) in [4.78, 5) is 10.3. The van der Waals surface area contributed by atoms with Crippen LogP contribution in [0.5, 0.6) is 0 Å². The Kier molecular flexibility index (Phi) is 1.88. The normalized spacial score (nSPS) is 14.1. The molecule has 2 aromatic carbocycles. The molecule has 0 unspecified atom stereocenters. The van der Waals surface area contributed by atoms with Gasteiger partial charge in [0.05, 0.1) is 10.4 Å². The molecule has 4 nitrogen and oxygen atoms in total. The molecule has 0 bridgehead atoms. The summed E-state index contributed by atoms with van der Waals surface area (Å²) in [5.74, 6) is 0. The Balaban J connectivity index is 2.80. The number of anilines is 2. The molecule has 0 fully saturated rings. The highest BCUT2D eigenvalue weighted by atomic mass is 35.5. The molecule has 0 spiro atoms. The third-order valence-corrected chi connectivity index (χ3v) is 2.04. The molecule has 0 saturated heterocycles. The van der Waals surface area contributed by atoms with Gasteiger partial charge in [0, 0.05) is 16.8 Å². The van der Waals surface area contributed by atoms with E-state index in [9.17, 15) is 10.1 Å². The second-order valence-electron chi connectivity index (χ2n) is 3.00. The van der Waals surface area contributed by atoms with Gasteiger partial charge in [-0.3, -0.25) is 10.1 Å². The van der Waals surface area contributed by atoms with Gasteiger partial charge in [-0.05, 0) is 24.2 Å². The van der Waals surface area contributed by atoms with Gasteiger partial charge in [0.1, 0.15) is 5.69 Å². The first-order chi connectivity index (χ1) is 10.3. The summed E-state index contributed by atoms with van der Waals surface area (Å²) in [6, 6.07) is 3.75. The fraction of sp³-hybridized carbons (Fsp3) is 0. The fourth-order valence-corrected chi connectivity index (χ4v) is 1.29. The van der Waals surface area contributed by atoms with E-state index in [2.05, 4.69) is 0 Å². The predicted molar refractivity (Wildman–Crippen MR) is 67.8 cm³/mol. The Morgan fingerprint density at radius 3 is 2.88 bits per heavy atom. The molecule has 2 rings (SSSR count). The van der Waals surface area contributed by atoms with E-state index in [0.29, 0.717) is 5.31 Å². The van der Waals surface area contributed by atoms with Crippen molar-refractivity contribution in [2.24, 2.45) is 0 Å². The predicted octanol–water partition coefficient (Wildman–Crippen LogP) is 3.99. The van der Waals surface area contributed by atoms with Crippen LogP contribution >= 0.6 is 11.6 Å². The van der Waals surface area contributed by atoms with Gasteiger partial charge >= 0.3 is 0 Å². The number of halogens is 1. The summed E-state index contributed by atoms with van der Waals surface area (Å²) in [6.45, 7) is 0. The van der Waals surface area contributed by atoms with Crippen molar-refractivity contribution in [2.45, 2.75) is 0 Å². The summed E-state index contributed by atoms with van der Waals surface area (Å²) < 4.78 is 38.8. The average Bonchev–Trinajstić information content (AvgIpc) is 2.48. The molecule has 0 radical (unpaired) electrons. The fourth-order valence-electron chi connectivity index (χ4n) is 1.15. The molecule has 1 N–H and O–H groups in total. The second-order valence-corrected chi connectivity index (χ2v) is 3.38. The molecular weight excluding hydrogens is 240 g/mol. The van der Waals surface area contributed by atoms with Crippen molar-refractivity contribution >= 4 is 28.7 Å². The van der Waals surface area contributed by atoms with Gasteiger partial charge in [0.2, 0.25) is 0 Å². The van der Waals surface area contributed by atoms with Crippen molar-refractivity contribution in [1.29, 1.82) is 0 Å². The SMILES string of the molecule is [2H]c1ccccc1N([2H])c1c([2H])c(Cl)c([2H])c([2H])c1[N+](=O)[O-]. The standard InChI is InChI=1S/C12H9ClN2O2/c13-9-6-7-12(15(16)17)11(8-9)14-10-4-2-1-3-5-10/h1-8,14H/i4D,6D,7D,8D/hD. The number of nitro groups is 1. The van der Waals surface area contributed by atoms with Crippen LogP contribution in [0.2, 0.25) is 6.43 Å². The van der Waals surface area contributed by atoms with Crippen molar-refractivity contribution < 1.29 is 11.8 Å². The van der Waals surface area contributed by atoms with Crippen LogP contribution in [0.4, 0.5) is 17.1 Å². The number of benzene rings is 2. The molecular formula is C12H9ClN2O2. The minimum absolute atomic E-state index is 0.00713. The zero-order chi connectivity index (χ0) is 16.6. The highest BCUT2D eigenvalue weighted by molar-refractivity contribution is 6.31. The lowest BCUT2D eigenvalue weighted by atomic mass is 10.2. The van der Waals surface area contributed by atoms with Crippen LogP contribution in [-0.2, 0) is 0 Å². The summed E-state index contributed by atoms with van der Waals surface area (Å²) >= 11 is 5.76. The van der Waals surface area contributed by atoms with Crippen LogP contribution in [0.25, 0.3) is 0 Å². The molecule has 0 saturated carbocycles. The van der Waals surface area contributed by atoms with Crippen LogP contribution < -0.4 is 5.31 Å². The van der Waals surface area contributed by atoms with Crippen LogP contribution in [-0.4, -0.2) is 4.92 Å². The topological polar surface area (TPSA) is 55.2 Å². The van der Waals surface area contributed by atoms with E-state index in [1.165, 1.54) is 18.2 Å². The smallest absolute Gasteiger partial charge is 0.292 e. The number of para-hydroxylation sites is 1. The van der Waals surface area contributed by atoms with Crippen molar-refractivity contribution in [3.8, 4) is 0 Å². The van der Waals surface area contributed by atoms with E-state index in [0.717, 1.165) is 0 Å². The van der Waals surface area contributed by atoms with Crippen molar-refractivity contribution in [2.75, 3.05) is 5.31 Å². The molecule has 0 atom stereocenters. The van der Waals surface area contributed by atoms with Crippen molar-refractivity contribution in [3.05, 3.63) is 63.6 Å². The molecule has 86 valence electrons. The van der Waals surface area contributed by atoms with Gasteiger partial charge in [-0.1, -0.05) is 29.8 Å². The molecule has 0 aliphatic heterocycles. The van der Waals surface area contributed by atoms with Gasteiger partial charge in [0.15, 0.2) is 1.41 Å². The highest BCUT2D eigenvalue weighted by Gasteiger charge is 2.13. The van der Waals surface area contributed by atoms with E-state index in [1.54, 1.807) is 6.07 Å². The summed E-state index contributed by atoms with van der Waals surface area (Å²) in [6.07, 6.45) is 0. The van der Waals surface area contributed by atoms with E-state index in [-0.39, 0.29) is 11.7 Å². The number of nitro benzene ring substituents is 1. The molecule has 5 heteroatoms. The minimum atomic E-state index is -0.932. The lowest BCUT2D eigenvalue weighted by molar-refractivity contribution is -0.383. The number of rotatable bonds is 3. The summed E-state index contributed by atoms with van der Waals surface area (Å²) in [5, 5.41) is 11.3. The molecule has 0 heterocycles. The molecule has 2 aromatic rings. The van der Waals surface area contributed by atoms with Crippen LogP contribution in [0.1, 0.15) is 5.48 Å². The van der Waals surface area contributed by atoms with Gasteiger partial charge in [-0.2, -0.15) is 0 Å². The van der Waals surface area contributed by atoms with Crippen molar-refractivity contribution in [1.82, 2.24) is 0 Å². The summed E-state index contributed by atoms with van der Waals surface area (Å²) in [5.41, 5.74) is -1.42. The number of nitrogens with zero attached hydrogens (tertiary/aromatic N) is 1. The number of hydrogen-bond donors (Lipinski definition) is 1. The average molecular weight is 254 g/mol. The van der Waals surface area contributed by atoms with Gasteiger partial charge < -0.3 is 5.31 Å². The third kappa shape index (κ3) is 2.73. The van der Waals surface area contributed by atoms with E-state index < -0.39 is 39.4 Å². The first-order valence-electron chi connectivity index (χ1n) is 7.00. The Morgan fingerprint density at radius 1 is 1.35 bits per heavy atom. The monoisotopic (exact) mass is 253 g/mol. The third-order valence-electron chi connectivity index (χ3n) is 1.85. The van der Waals surface area contributed by atoms with Gasteiger partial charge in [0.25, 0.3) is 5.69 Å². The van der Waals surface area contributed by atoms with E-state index in [4.69, 9.17) is 18.5 Å². The van der Waals surface area contributed by atoms with Crippen LogP contribution in [0.3, 0.4) is 0 Å². The van der Waals surface area contributed by atoms with Crippen LogP contribution in [0, 0.1) is 10.1 Å². The molecule has 0 aliphatic rings. The first-order valence-corrected chi connectivity index (χ1v) is 4.93. The Labute approximate surface area is 110 Å². The lowest BCUT2D eigenvalue weighted by Gasteiger charge is -2.07. The lowest BCUT2D eigenvalue weighted by Crippen LogP contribution is -1.96. The summed E-state index contributed by atoms with van der Waals surface area (Å²) in [7, 11) is 0. The van der Waals surface area contributed by atoms with E-state index in [1.807, 2.05) is 0 Å². The molecule has 0 aromatic heterocycles. The maximum absolute atomic E-state index is 11.2. The Morgan fingerprint density at radius 2 is 2.18 bits per heavy atom. The Hall–Kier alpha value is -2.07. The number of nitrogens with one attached hydrogen (secondary N) is 1. The van der Waals surface area contributed by atoms with E-state index >= 15 is 0 Å². The van der Waals surface area contributed by atoms with Crippen LogP contribution in [0.15, 0.2) is 48.4 Å². The second kappa shape index (κ2) is 4.84. The maximum atomic E-state index is 11.2. The minimum Gasteiger partial charge on any atom is -0.350 e. The highest BCUT2D eigenvalue weighted by Crippen LogP contribution is 2.30. The zero-order valence-electron chi connectivity index (χ0n) is 13.4.